The zero-order valence-corrected chi connectivity index (χ0v) is 13.6. The van der Waals surface area contributed by atoms with Crippen molar-refractivity contribution in [2.75, 3.05) is 6.61 Å². The van der Waals surface area contributed by atoms with Gasteiger partial charge in [-0.05, 0) is 54.2 Å². The minimum absolute atomic E-state index is 0.156. The maximum Gasteiger partial charge on any atom is 0.387 e. The standard InChI is InChI=1S/C20H20F2O2/c1-2-18-14-17(10-11-19(18)24-20(21)22)9-8-16-6-3-5-15(13-16)7-4-12-23/h3,5-6,10-11,13-14,20,23H,2,8-9,12H2,1H3. The molecule has 0 saturated heterocycles. The van der Waals surface area contributed by atoms with Crippen LogP contribution in [0.4, 0.5) is 8.78 Å². The molecule has 0 aromatic heterocycles. The van der Waals surface area contributed by atoms with Gasteiger partial charge in [0.2, 0.25) is 0 Å². The van der Waals surface area contributed by atoms with E-state index in [0.29, 0.717) is 6.42 Å². The number of hydrogen-bond acceptors (Lipinski definition) is 2. The lowest BCUT2D eigenvalue weighted by atomic mass is 10.00. The summed E-state index contributed by atoms with van der Waals surface area (Å²) in [6.45, 7) is -1.04. The van der Waals surface area contributed by atoms with Crippen molar-refractivity contribution in [1.82, 2.24) is 0 Å². The molecule has 0 aliphatic heterocycles. The number of rotatable bonds is 6. The van der Waals surface area contributed by atoms with Crippen LogP contribution in [0.5, 0.6) is 5.75 Å². The van der Waals surface area contributed by atoms with Crippen LogP contribution in [0.15, 0.2) is 42.5 Å². The first-order valence-corrected chi connectivity index (χ1v) is 7.87. The first-order valence-electron chi connectivity index (χ1n) is 7.87. The number of aryl methyl sites for hydroxylation is 3. The van der Waals surface area contributed by atoms with E-state index in [1.807, 2.05) is 43.3 Å². The van der Waals surface area contributed by atoms with Crippen LogP contribution in [-0.4, -0.2) is 18.3 Å². The Bertz CT molecular complexity index is 730. The molecule has 0 bridgehead atoms. The van der Waals surface area contributed by atoms with E-state index in [0.717, 1.165) is 35.1 Å². The van der Waals surface area contributed by atoms with Crippen LogP contribution in [0.25, 0.3) is 0 Å². The fourth-order valence-corrected chi connectivity index (χ4v) is 2.51. The Balaban J connectivity index is 2.06. The molecule has 2 aromatic rings. The van der Waals surface area contributed by atoms with Crippen LogP contribution in [0.2, 0.25) is 0 Å². The van der Waals surface area contributed by atoms with Gasteiger partial charge >= 0.3 is 6.61 Å². The highest BCUT2D eigenvalue weighted by molar-refractivity contribution is 5.39. The van der Waals surface area contributed by atoms with Crippen molar-refractivity contribution >= 4 is 0 Å². The first-order chi connectivity index (χ1) is 11.6. The van der Waals surface area contributed by atoms with Gasteiger partial charge in [-0.1, -0.05) is 43.0 Å². The Hall–Kier alpha value is -2.38. The quantitative estimate of drug-likeness (QED) is 0.812. The molecule has 0 saturated carbocycles. The third-order valence-corrected chi connectivity index (χ3v) is 3.66. The lowest BCUT2D eigenvalue weighted by Gasteiger charge is -2.11. The smallest absolute Gasteiger partial charge is 0.387 e. The van der Waals surface area contributed by atoms with Gasteiger partial charge in [-0.15, -0.1) is 0 Å². The Kier molecular flexibility index (Phi) is 6.77. The van der Waals surface area contributed by atoms with E-state index in [1.54, 1.807) is 6.07 Å². The molecule has 0 aliphatic rings. The number of alkyl halides is 2. The Morgan fingerprint density at radius 1 is 1.08 bits per heavy atom. The number of benzene rings is 2. The number of hydrogen-bond donors (Lipinski definition) is 1. The Morgan fingerprint density at radius 3 is 2.50 bits per heavy atom. The van der Waals surface area contributed by atoms with Crippen LogP contribution in [0.3, 0.4) is 0 Å². The van der Waals surface area contributed by atoms with Gasteiger partial charge in [-0.3, -0.25) is 0 Å². The van der Waals surface area contributed by atoms with Crippen LogP contribution in [0, 0.1) is 11.8 Å². The second-order valence-electron chi connectivity index (χ2n) is 5.33. The summed E-state index contributed by atoms with van der Waals surface area (Å²) in [4.78, 5) is 0. The van der Waals surface area contributed by atoms with Crippen molar-refractivity contribution in [3.05, 3.63) is 64.7 Å². The van der Waals surface area contributed by atoms with E-state index in [9.17, 15) is 8.78 Å². The van der Waals surface area contributed by atoms with E-state index < -0.39 is 6.61 Å². The average molecular weight is 330 g/mol. The number of ether oxygens (including phenoxy) is 1. The molecule has 2 aromatic carbocycles. The summed E-state index contributed by atoms with van der Waals surface area (Å²) < 4.78 is 29.3. The van der Waals surface area contributed by atoms with E-state index >= 15 is 0 Å². The van der Waals surface area contributed by atoms with Gasteiger partial charge in [0.15, 0.2) is 0 Å². The van der Waals surface area contributed by atoms with E-state index in [-0.39, 0.29) is 12.4 Å². The zero-order chi connectivity index (χ0) is 17.4. The third-order valence-electron chi connectivity index (χ3n) is 3.66. The molecule has 24 heavy (non-hydrogen) atoms. The molecule has 0 aliphatic carbocycles. The van der Waals surface area contributed by atoms with Crippen molar-refractivity contribution in [1.29, 1.82) is 0 Å². The summed E-state index contributed by atoms with van der Waals surface area (Å²) in [5.74, 6) is 5.77. The molecular weight excluding hydrogens is 310 g/mol. The van der Waals surface area contributed by atoms with Gasteiger partial charge in [0.25, 0.3) is 0 Å². The second kappa shape index (κ2) is 9.05. The fraction of sp³-hybridized carbons (Fsp3) is 0.300. The summed E-state index contributed by atoms with van der Waals surface area (Å²) in [5, 5.41) is 8.74. The normalized spacial score (nSPS) is 10.4. The summed E-state index contributed by atoms with van der Waals surface area (Å²) in [5.41, 5.74) is 3.89. The van der Waals surface area contributed by atoms with Gasteiger partial charge in [-0.2, -0.15) is 8.78 Å². The van der Waals surface area contributed by atoms with Gasteiger partial charge in [-0.25, -0.2) is 0 Å². The summed E-state index contributed by atoms with van der Waals surface area (Å²) in [7, 11) is 0. The summed E-state index contributed by atoms with van der Waals surface area (Å²) in [6.07, 6.45) is 2.27. The van der Waals surface area contributed by atoms with Crippen molar-refractivity contribution in [3.8, 4) is 17.6 Å². The Morgan fingerprint density at radius 2 is 1.83 bits per heavy atom. The average Bonchev–Trinajstić information content (AvgIpc) is 2.59. The molecule has 0 spiro atoms. The van der Waals surface area contributed by atoms with Crippen LogP contribution >= 0.6 is 0 Å². The molecule has 1 N–H and O–H groups in total. The topological polar surface area (TPSA) is 29.5 Å². The SMILES string of the molecule is CCc1cc(CCc2cccc(C#CCO)c2)ccc1OC(F)F. The highest BCUT2D eigenvalue weighted by Crippen LogP contribution is 2.23. The lowest BCUT2D eigenvalue weighted by molar-refractivity contribution is -0.0504. The van der Waals surface area contributed by atoms with E-state index in [2.05, 4.69) is 16.6 Å². The second-order valence-corrected chi connectivity index (χ2v) is 5.33. The lowest BCUT2D eigenvalue weighted by Crippen LogP contribution is -2.05. The predicted octanol–water partition coefficient (Wildman–Crippen LogP) is 3.98. The highest BCUT2D eigenvalue weighted by atomic mass is 19.3. The van der Waals surface area contributed by atoms with Crippen molar-refractivity contribution < 1.29 is 18.6 Å². The van der Waals surface area contributed by atoms with Crippen molar-refractivity contribution in [3.63, 3.8) is 0 Å². The van der Waals surface area contributed by atoms with E-state index in [1.165, 1.54) is 0 Å². The Labute approximate surface area is 141 Å². The van der Waals surface area contributed by atoms with Crippen molar-refractivity contribution in [2.24, 2.45) is 0 Å². The minimum atomic E-state index is -2.80. The van der Waals surface area contributed by atoms with Gasteiger partial charge < -0.3 is 9.84 Å². The molecule has 0 atom stereocenters. The molecule has 0 amide bonds. The van der Waals surface area contributed by atoms with Gasteiger partial charge in [0.1, 0.15) is 12.4 Å². The molecule has 2 nitrogen and oxygen atoms in total. The maximum atomic E-state index is 12.4. The van der Waals surface area contributed by atoms with Gasteiger partial charge in [0.05, 0.1) is 0 Å². The third kappa shape index (κ3) is 5.36. The first kappa shape index (κ1) is 18.0. The zero-order valence-electron chi connectivity index (χ0n) is 13.6. The number of aliphatic hydroxyl groups is 1. The maximum absolute atomic E-state index is 12.4. The van der Waals surface area contributed by atoms with E-state index in [4.69, 9.17) is 5.11 Å². The number of halogens is 2. The molecule has 0 radical (unpaired) electrons. The minimum Gasteiger partial charge on any atom is -0.435 e. The molecule has 126 valence electrons. The largest absolute Gasteiger partial charge is 0.435 e. The fourth-order valence-electron chi connectivity index (χ4n) is 2.51. The van der Waals surface area contributed by atoms with Gasteiger partial charge in [0, 0.05) is 5.56 Å². The summed E-state index contributed by atoms with van der Waals surface area (Å²) in [6, 6.07) is 13.2. The molecule has 0 unspecified atom stereocenters. The number of aliphatic hydroxyl groups excluding tert-OH is 1. The van der Waals surface area contributed by atoms with Crippen molar-refractivity contribution in [2.45, 2.75) is 32.8 Å². The molecule has 4 heteroatoms. The predicted molar refractivity (Wildman–Crippen MR) is 90.3 cm³/mol. The molecular formula is C20H20F2O2. The molecule has 0 fully saturated rings. The van der Waals surface area contributed by atoms with Crippen LogP contribution in [0.1, 0.15) is 29.2 Å². The van der Waals surface area contributed by atoms with Crippen LogP contribution in [-0.2, 0) is 19.3 Å². The highest BCUT2D eigenvalue weighted by Gasteiger charge is 2.09. The molecule has 0 heterocycles. The summed E-state index contributed by atoms with van der Waals surface area (Å²) >= 11 is 0. The monoisotopic (exact) mass is 330 g/mol. The molecule has 2 rings (SSSR count). The van der Waals surface area contributed by atoms with Crippen LogP contribution < -0.4 is 4.74 Å².